The van der Waals surface area contributed by atoms with Gasteiger partial charge in [-0.1, -0.05) is 411 Å². The smallest absolute Gasteiger partial charge is 0.305 e. The number of carbonyl (C=O) groups excluding carboxylic acids is 2. The fraction of sp³-hybridized carbons (Fsp3) is 0.926. The number of allylic oxidation sites excluding steroid dienone is 3. The number of aliphatic hydroxyl groups excluding tert-OH is 2. The van der Waals surface area contributed by atoms with Crippen molar-refractivity contribution in [1.82, 2.24) is 5.32 Å². The first kappa shape index (κ1) is 85.3. The Morgan fingerprint density at radius 1 is 0.310 bits per heavy atom. The number of amides is 1. The van der Waals surface area contributed by atoms with E-state index >= 15 is 0 Å². The second kappa shape index (κ2) is 76.8. The van der Waals surface area contributed by atoms with Gasteiger partial charge in [-0.05, 0) is 57.8 Å². The van der Waals surface area contributed by atoms with Crippen LogP contribution >= 0.6 is 0 Å². The largest absolute Gasteiger partial charge is 0.466 e. The minimum atomic E-state index is -0.840. The molecule has 87 heavy (non-hydrogen) atoms. The van der Waals surface area contributed by atoms with E-state index in [1.807, 2.05) is 6.08 Å². The van der Waals surface area contributed by atoms with Crippen molar-refractivity contribution in [2.45, 2.75) is 469 Å². The molecule has 516 valence electrons. The lowest BCUT2D eigenvalue weighted by Crippen LogP contribution is -2.45. The van der Waals surface area contributed by atoms with E-state index in [-0.39, 0.29) is 18.5 Å². The quantitative estimate of drug-likeness (QED) is 0.0320. The standard InChI is InChI=1S/C81H157NO5/c1-3-5-7-9-11-13-15-17-19-42-45-49-53-57-61-65-69-73-79(84)78(77-83)82-80(85)74-70-66-62-58-54-50-46-43-40-38-36-34-32-30-28-26-24-22-21-23-25-27-29-31-33-35-37-39-41-44-48-52-56-60-64-68-72-76-87-81(86)75-71-67-63-59-55-51-47-20-18-16-14-12-10-8-6-4-2/h20,47,69,73,78-79,83-84H,3-19,21-46,48-68,70-72,74-77H2,1-2H3,(H,82,85)/b47-20-,73-69+. The summed E-state index contributed by atoms with van der Waals surface area (Å²) in [7, 11) is 0. The number of esters is 1. The molecule has 0 aliphatic rings. The van der Waals surface area contributed by atoms with E-state index in [0.29, 0.717) is 19.4 Å². The number of ether oxygens (including phenoxy) is 1. The molecule has 1 amide bonds. The van der Waals surface area contributed by atoms with Crippen molar-refractivity contribution in [3.63, 3.8) is 0 Å². The van der Waals surface area contributed by atoms with E-state index in [4.69, 9.17) is 4.74 Å². The predicted octanol–water partition coefficient (Wildman–Crippen LogP) is 26.4. The van der Waals surface area contributed by atoms with Crippen LogP contribution < -0.4 is 5.32 Å². The van der Waals surface area contributed by atoms with Gasteiger partial charge >= 0.3 is 5.97 Å². The molecule has 0 radical (unpaired) electrons. The number of unbranched alkanes of at least 4 members (excludes halogenated alkanes) is 63. The minimum absolute atomic E-state index is 0.0167. The molecule has 0 aliphatic carbocycles. The van der Waals surface area contributed by atoms with Gasteiger partial charge in [0.05, 0.1) is 25.4 Å². The number of carbonyl (C=O) groups is 2. The molecule has 0 aromatic heterocycles. The molecule has 0 bridgehead atoms. The Hall–Kier alpha value is -1.66. The van der Waals surface area contributed by atoms with Crippen molar-refractivity contribution in [2.75, 3.05) is 13.2 Å². The second-order valence-electron chi connectivity index (χ2n) is 27.8. The lowest BCUT2D eigenvalue weighted by atomic mass is 10.0. The Morgan fingerprint density at radius 2 is 0.540 bits per heavy atom. The Labute approximate surface area is 545 Å². The number of nitrogens with one attached hydrogen (secondary N) is 1. The Morgan fingerprint density at radius 3 is 0.816 bits per heavy atom. The normalized spacial score (nSPS) is 12.6. The van der Waals surface area contributed by atoms with Crippen LogP contribution in [0.15, 0.2) is 24.3 Å². The lowest BCUT2D eigenvalue weighted by Gasteiger charge is -2.20. The number of hydrogen-bond acceptors (Lipinski definition) is 5. The summed E-state index contributed by atoms with van der Waals surface area (Å²) < 4.78 is 5.51. The van der Waals surface area contributed by atoms with Gasteiger partial charge in [0.15, 0.2) is 0 Å². The van der Waals surface area contributed by atoms with Gasteiger partial charge in [-0.25, -0.2) is 0 Å². The highest BCUT2D eigenvalue weighted by atomic mass is 16.5. The maximum atomic E-state index is 12.5. The fourth-order valence-electron chi connectivity index (χ4n) is 12.9. The van der Waals surface area contributed by atoms with Crippen molar-refractivity contribution in [3.05, 3.63) is 24.3 Å². The van der Waals surface area contributed by atoms with Crippen LogP contribution in [0.25, 0.3) is 0 Å². The third-order valence-electron chi connectivity index (χ3n) is 19.0. The van der Waals surface area contributed by atoms with Crippen LogP contribution in [0.3, 0.4) is 0 Å². The molecule has 0 fully saturated rings. The first-order valence-corrected chi connectivity index (χ1v) is 40.1. The topological polar surface area (TPSA) is 95.9 Å². The van der Waals surface area contributed by atoms with Crippen molar-refractivity contribution >= 4 is 11.9 Å². The maximum absolute atomic E-state index is 12.5. The van der Waals surface area contributed by atoms with Crippen LogP contribution in [0.5, 0.6) is 0 Å². The molecule has 0 saturated heterocycles. The van der Waals surface area contributed by atoms with Crippen molar-refractivity contribution in [2.24, 2.45) is 0 Å². The van der Waals surface area contributed by atoms with Crippen LogP contribution in [0, 0.1) is 0 Å². The van der Waals surface area contributed by atoms with Gasteiger partial charge in [0, 0.05) is 12.8 Å². The van der Waals surface area contributed by atoms with E-state index in [0.717, 1.165) is 44.9 Å². The van der Waals surface area contributed by atoms with E-state index in [1.54, 1.807) is 6.08 Å². The zero-order chi connectivity index (χ0) is 62.8. The predicted molar refractivity (Wildman–Crippen MR) is 384 cm³/mol. The lowest BCUT2D eigenvalue weighted by molar-refractivity contribution is -0.143. The highest BCUT2D eigenvalue weighted by Crippen LogP contribution is 2.20. The van der Waals surface area contributed by atoms with Gasteiger partial charge in [0.2, 0.25) is 5.91 Å². The summed E-state index contributed by atoms with van der Waals surface area (Å²) in [5, 5.41) is 23.2. The molecule has 0 aliphatic heterocycles. The van der Waals surface area contributed by atoms with Crippen LogP contribution in [-0.2, 0) is 14.3 Å². The molecular formula is C81H157NO5. The number of aliphatic hydroxyl groups is 2. The highest BCUT2D eigenvalue weighted by Gasteiger charge is 2.18. The van der Waals surface area contributed by atoms with E-state index in [1.165, 1.54) is 385 Å². The molecule has 0 spiro atoms. The molecule has 0 heterocycles. The van der Waals surface area contributed by atoms with Crippen LogP contribution in [0.2, 0.25) is 0 Å². The van der Waals surface area contributed by atoms with Crippen molar-refractivity contribution in [1.29, 1.82) is 0 Å². The Kier molecular flexibility index (Phi) is 75.3. The minimum Gasteiger partial charge on any atom is -0.466 e. The summed E-state index contributed by atoms with van der Waals surface area (Å²) in [6, 6.07) is -0.623. The van der Waals surface area contributed by atoms with Gasteiger partial charge in [-0.15, -0.1) is 0 Å². The zero-order valence-corrected chi connectivity index (χ0v) is 59.3. The van der Waals surface area contributed by atoms with Gasteiger partial charge in [-0.2, -0.15) is 0 Å². The first-order valence-electron chi connectivity index (χ1n) is 40.1. The SMILES string of the molecule is CCCCCCCCC/C=C\CCCCCCCC(=O)OCCCCCCCCCCCCCCCCCCCCCCCCCCCCCCCCCCCCCCCC(=O)NC(CO)C(O)/C=C/CCCCCCCCCCCCCCCCC. The van der Waals surface area contributed by atoms with Gasteiger partial charge < -0.3 is 20.3 Å². The molecular weight excluding hydrogens is 1070 g/mol. The monoisotopic (exact) mass is 1220 g/mol. The summed E-state index contributed by atoms with van der Waals surface area (Å²) in [4.78, 5) is 24.6. The zero-order valence-electron chi connectivity index (χ0n) is 59.3. The third kappa shape index (κ3) is 73.3. The number of hydrogen-bond donors (Lipinski definition) is 3. The van der Waals surface area contributed by atoms with Gasteiger partial charge in [-0.3, -0.25) is 9.59 Å². The molecule has 6 heteroatoms. The fourth-order valence-corrected chi connectivity index (χ4v) is 12.9. The summed E-state index contributed by atoms with van der Waals surface area (Å²) in [5.74, 6) is -0.0417. The maximum Gasteiger partial charge on any atom is 0.305 e. The summed E-state index contributed by atoms with van der Waals surface area (Å²) >= 11 is 0. The molecule has 2 unspecified atom stereocenters. The molecule has 0 saturated carbocycles. The molecule has 2 atom stereocenters. The van der Waals surface area contributed by atoms with Gasteiger partial charge in [0.25, 0.3) is 0 Å². The summed E-state index contributed by atoms with van der Waals surface area (Å²) in [6.45, 7) is 4.95. The van der Waals surface area contributed by atoms with E-state index in [2.05, 4.69) is 31.3 Å². The molecule has 0 aromatic carbocycles. The van der Waals surface area contributed by atoms with Gasteiger partial charge in [0.1, 0.15) is 0 Å². The van der Waals surface area contributed by atoms with E-state index < -0.39 is 12.1 Å². The average molecular weight is 1230 g/mol. The van der Waals surface area contributed by atoms with E-state index in [9.17, 15) is 19.8 Å². The van der Waals surface area contributed by atoms with Crippen molar-refractivity contribution < 1.29 is 24.5 Å². The Balaban J connectivity index is 3.31. The molecule has 0 rings (SSSR count). The Bertz CT molecular complexity index is 1360. The van der Waals surface area contributed by atoms with Crippen LogP contribution in [0.1, 0.15) is 457 Å². The summed E-state index contributed by atoms with van der Waals surface area (Å²) in [6.07, 6.45) is 98.9. The number of rotatable bonds is 76. The molecule has 3 N–H and O–H groups in total. The highest BCUT2D eigenvalue weighted by molar-refractivity contribution is 5.76. The van der Waals surface area contributed by atoms with Crippen molar-refractivity contribution in [3.8, 4) is 0 Å². The first-order chi connectivity index (χ1) is 43.0. The average Bonchev–Trinajstić information content (AvgIpc) is 3.53. The van der Waals surface area contributed by atoms with Crippen LogP contribution in [0.4, 0.5) is 0 Å². The molecule has 0 aromatic rings. The summed E-state index contributed by atoms with van der Waals surface area (Å²) in [5.41, 5.74) is 0. The van der Waals surface area contributed by atoms with Crippen LogP contribution in [-0.4, -0.2) is 47.4 Å². The second-order valence-corrected chi connectivity index (χ2v) is 27.8. The third-order valence-corrected chi connectivity index (χ3v) is 19.0. The molecule has 6 nitrogen and oxygen atoms in total.